The smallest absolute Gasteiger partial charge is 0.310 e. The Morgan fingerprint density at radius 1 is 1.17 bits per heavy atom. The quantitative estimate of drug-likeness (QED) is 0.294. The zero-order chi connectivity index (χ0) is 25.6. The number of carbonyl (C=O) groups is 1. The second-order valence-corrected chi connectivity index (χ2v) is 12.9. The molecule has 0 bridgehead atoms. The van der Waals surface area contributed by atoms with Crippen molar-refractivity contribution in [3.05, 3.63) is 42.0 Å². The van der Waals surface area contributed by atoms with Gasteiger partial charge in [-0.05, 0) is 101 Å². The lowest BCUT2D eigenvalue weighted by molar-refractivity contribution is -0.146. The van der Waals surface area contributed by atoms with Crippen LogP contribution in [0.1, 0.15) is 77.7 Å². The highest BCUT2D eigenvalue weighted by Crippen LogP contribution is 2.56. The molecule has 0 spiro atoms. The molecule has 2 heterocycles. The van der Waals surface area contributed by atoms with Gasteiger partial charge in [0.15, 0.2) is 0 Å². The van der Waals surface area contributed by atoms with Gasteiger partial charge in [0.05, 0.1) is 18.6 Å². The van der Waals surface area contributed by atoms with Crippen LogP contribution in [0.2, 0.25) is 0 Å². The summed E-state index contributed by atoms with van der Waals surface area (Å²) in [6.07, 6.45) is 8.73. The molecule has 6 atom stereocenters. The van der Waals surface area contributed by atoms with E-state index in [2.05, 4.69) is 56.9 Å². The molecule has 0 amide bonds. The SMILES string of the molecule is C=C1CCCC2(C)CC3OC(=O)C(CNCCC4(c5ccc(OC)cc5)CCOC(C)(C)C4)C3CC12. The Labute approximate surface area is 217 Å². The minimum atomic E-state index is -0.155. The van der Waals surface area contributed by atoms with Crippen LogP contribution in [0.4, 0.5) is 0 Å². The summed E-state index contributed by atoms with van der Waals surface area (Å²) in [4.78, 5) is 12.9. The van der Waals surface area contributed by atoms with Crippen molar-refractivity contribution in [3.63, 3.8) is 0 Å². The maximum absolute atomic E-state index is 12.9. The van der Waals surface area contributed by atoms with E-state index >= 15 is 0 Å². The fraction of sp³-hybridized carbons (Fsp3) is 0.710. The fourth-order valence-electron chi connectivity index (χ4n) is 8.10. The molecule has 1 aromatic rings. The first kappa shape index (κ1) is 25.8. The minimum absolute atomic E-state index is 0.00225. The molecule has 198 valence electrons. The van der Waals surface area contributed by atoms with E-state index in [4.69, 9.17) is 14.2 Å². The Hall–Kier alpha value is -1.85. The Morgan fingerprint density at radius 2 is 1.94 bits per heavy atom. The number of fused-ring (bicyclic) bond motifs is 2. The van der Waals surface area contributed by atoms with E-state index in [1.54, 1.807) is 7.11 Å². The van der Waals surface area contributed by atoms with Gasteiger partial charge in [-0.3, -0.25) is 4.79 Å². The van der Waals surface area contributed by atoms with E-state index in [-0.39, 0.29) is 34.4 Å². The van der Waals surface area contributed by atoms with Crippen LogP contribution >= 0.6 is 0 Å². The molecule has 1 N–H and O–H groups in total. The van der Waals surface area contributed by atoms with Crippen molar-refractivity contribution in [2.45, 2.75) is 89.3 Å². The van der Waals surface area contributed by atoms with Gasteiger partial charge in [-0.15, -0.1) is 0 Å². The molecule has 2 aliphatic heterocycles. The Morgan fingerprint density at radius 3 is 2.67 bits per heavy atom. The lowest BCUT2D eigenvalue weighted by atomic mass is 9.55. The van der Waals surface area contributed by atoms with Crippen molar-refractivity contribution in [1.29, 1.82) is 0 Å². The first-order chi connectivity index (χ1) is 17.1. The Kier molecular flexibility index (Phi) is 7.01. The number of methoxy groups -OCH3 is 1. The van der Waals surface area contributed by atoms with Gasteiger partial charge < -0.3 is 19.5 Å². The second kappa shape index (κ2) is 9.79. The van der Waals surface area contributed by atoms with Crippen LogP contribution in [0.25, 0.3) is 0 Å². The van der Waals surface area contributed by atoms with Crippen LogP contribution in [0, 0.1) is 23.2 Å². The van der Waals surface area contributed by atoms with Gasteiger partial charge in [-0.2, -0.15) is 0 Å². The van der Waals surface area contributed by atoms with Crippen LogP contribution in [0.15, 0.2) is 36.4 Å². The van der Waals surface area contributed by atoms with Gasteiger partial charge in [0.1, 0.15) is 11.9 Å². The van der Waals surface area contributed by atoms with E-state index in [0.717, 1.165) is 57.4 Å². The fourth-order valence-corrected chi connectivity index (χ4v) is 8.10. The number of rotatable bonds is 7. The highest BCUT2D eigenvalue weighted by atomic mass is 16.6. The highest BCUT2D eigenvalue weighted by molar-refractivity contribution is 5.75. The van der Waals surface area contributed by atoms with Crippen molar-refractivity contribution in [3.8, 4) is 5.75 Å². The van der Waals surface area contributed by atoms with E-state index in [1.165, 1.54) is 24.0 Å². The third kappa shape index (κ3) is 4.86. The molecule has 1 aromatic carbocycles. The molecule has 5 heteroatoms. The van der Waals surface area contributed by atoms with E-state index < -0.39 is 0 Å². The van der Waals surface area contributed by atoms with Gasteiger partial charge in [-0.25, -0.2) is 0 Å². The molecule has 4 aliphatic rings. The van der Waals surface area contributed by atoms with Crippen molar-refractivity contribution in [1.82, 2.24) is 5.32 Å². The molecule has 5 rings (SSSR count). The van der Waals surface area contributed by atoms with Crippen LogP contribution in [-0.4, -0.2) is 44.5 Å². The molecule has 36 heavy (non-hydrogen) atoms. The molecule has 6 unspecified atom stereocenters. The third-order valence-corrected chi connectivity index (χ3v) is 10.0. The standard InChI is InChI=1S/C31H45NO4/c1-21-7-6-12-30(4)18-27-24(17-26(21)30)25(28(33)36-27)19-32-15-13-31(14-16-35-29(2,3)20-31)22-8-10-23(34-5)11-9-22/h8-11,24-27,32H,1,6-7,12-20H2,2-5H3. The molecule has 0 radical (unpaired) electrons. The highest BCUT2D eigenvalue weighted by Gasteiger charge is 2.55. The van der Waals surface area contributed by atoms with Gasteiger partial charge in [0.25, 0.3) is 0 Å². The summed E-state index contributed by atoms with van der Waals surface area (Å²) in [5, 5.41) is 3.69. The van der Waals surface area contributed by atoms with Crippen molar-refractivity contribution < 1.29 is 19.0 Å². The van der Waals surface area contributed by atoms with E-state index in [1.807, 2.05) is 0 Å². The van der Waals surface area contributed by atoms with Gasteiger partial charge in [0, 0.05) is 24.5 Å². The summed E-state index contributed by atoms with van der Waals surface area (Å²) in [6.45, 7) is 13.6. The van der Waals surface area contributed by atoms with Gasteiger partial charge in [0.2, 0.25) is 0 Å². The molecular formula is C31H45NO4. The predicted molar refractivity (Wildman–Crippen MR) is 142 cm³/mol. The number of carbonyl (C=O) groups excluding carboxylic acids is 1. The first-order valence-corrected chi connectivity index (χ1v) is 14.0. The molecule has 2 aliphatic carbocycles. The van der Waals surface area contributed by atoms with Crippen LogP contribution in [0.3, 0.4) is 0 Å². The summed E-state index contributed by atoms with van der Waals surface area (Å²) in [6, 6.07) is 8.57. The summed E-state index contributed by atoms with van der Waals surface area (Å²) < 4.78 is 17.5. The molecule has 0 aromatic heterocycles. The molecule has 2 saturated carbocycles. The lowest BCUT2D eigenvalue weighted by Gasteiger charge is -2.50. The Bertz CT molecular complexity index is 971. The summed E-state index contributed by atoms with van der Waals surface area (Å²) >= 11 is 0. The lowest BCUT2D eigenvalue weighted by Crippen LogP contribution is -2.46. The third-order valence-electron chi connectivity index (χ3n) is 10.0. The van der Waals surface area contributed by atoms with Gasteiger partial charge in [-0.1, -0.05) is 31.2 Å². The molecule has 4 fully saturated rings. The zero-order valence-corrected chi connectivity index (χ0v) is 22.7. The van der Waals surface area contributed by atoms with Crippen molar-refractivity contribution in [2.24, 2.45) is 23.2 Å². The largest absolute Gasteiger partial charge is 0.497 e. The number of nitrogens with one attached hydrogen (secondary N) is 1. The van der Waals surface area contributed by atoms with Gasteiger partial charge >= 0.3 is 5.97 Å². The number of allylic oxidation sites excluding steroid dienone is 1. The molecular weight excluding hydrogens is 450 g/mol. The predicted octanol–water partition coefficient (Wildman–Crippen LogP) is 5.82. The maximum atomic E-state index is 12.9. The number of hydrogen-bond acceptors (Lipinski definition) is 5. The van der Waals surface area contributed by atoms with Crippen LogP contribution in [-0.2, 0) is 19.7 Å². The van der Waals surface area contributed by atoms with Crippen molar-refractivity contribution in [2.75, 3.05) is 26.8 Å². The molecule has 5 nitrogen and oxygen atoms in total. The summed E-state index contributed by atoms with van der Waals surface area (Å²) in [7, 11) is 1.71. The van der Waals surface area contributed by atoms with E-state index in [0.29, 0.717) is 18.4 Å². The molecule has 2 saturated heterocycles. The average Bonchev–Trinajstić information content (AvgIpc) is 3.13. The van der Waals surface area contributed by atoms with Crippen molar-refractivity contribution >= 4 is 5.97 Å². The number of esters is 1. The second-order valence-electron chi connectivity index (χ2n) is 12.9. The monoisotopic (exact) mass is 495 g/mol. The summed E-state index contributed by atoms with van der Waals surface area (Å²) in [5.74, 6) is 1.69. The van der Waals surface area contributed by atoms with Crippen LogP contribution in [0.5, 0.6) is 5.75 Å². The normalized spacial score (nSPS) is 37.7. The first-order valence-electron chi connectivity index (χ1n) is 14.0. The topological polar surface area (TPSA) is 56.8 Å². The average molecular weight is 496 g/mol. The minimum Gasteiger partial charge on any atom is -0.497 e. The number of benzene rings is 1. The summed E-state index contributed by atoms with van der Waals surface area (Å²) in [5.41, 5.74) is 2.89. The van der Waals surface area contributed by atoms with E-state index in [9.17, 15) is 4.79 Å². The number of hydrogen-bond donors (Lipinski definition) is 1. The maximum Gasteiger partial charge on any atom is 0.310 e. The van der Waals surface area contributed by atoms with Crippen LogP contribution < -0.4 is 10.1 Å². The zero-order valence-electron chi connectivity index (χ0n) is 22.7. The number of ether oxygens (including phenoxy) is 3. The Balaban J connectivity index is 1.24.